The Morgan fingerprint density at radius 2 is 2.32 bits per heavy atom. The van der Waals surface area contributed by atoms with Crippen molar-refractivity contribution in [1.29, 1.82) is 0 Å². The number of hydrogen-bond acceptors (Lipinski definition) is 2. The van der Waals surface area contributed by atoms with E-state index >= 15 is 0 Å². The fourth-order valence-corrected chi connectivity index (χ4v) is 3.07. The summed E-state index contributed by atoms with van der Waals surface area (Å²) in [6.07, 6.45) is 5.28. The SMILES string of the molecule is CCc1ccc2c(c1)CC=C2[S+]([O-])C=CNC(C)=O. The van der Waals surface area contributed by atoms with Gasteiger partial charge in [0.15, 0.2) is 4.91 Å². The Bertz CT molecular complexity index is 549. The molecule has 2 rings (SSSR count). The fourth-order valence-electron chi connectivity index (χ4n) is 2.07. The van der Waals surface area contributed by atoms with Gasteiger partial charge in [0.2, 0.25) is 5.91 Å². The zero-order chi connectivity index (χ0) is 13.8. The van der Waals surface area contributed by atoms with Crippen LogP contribution in [0.15, 0.2) is 35.9 Å². The van der Waals surface area contributed by atoms with Crippen molar-refractivity contribution < 1.29 is 9.35 Å². The summed E-state index contributed by atoms with van der Waals surface area (Å²) in [7, 11) is 0. The molecule has 0 bridgehead atoms. The van der Waals surface area contributed by atoms with Gasteiger partial charge in [0.1, 0.15) is 5.41 Å². The van der Waals surface area contributed by atoms with Crippen LogP contribution in [0.2, 0.25) is 0 Å². The molecule has 0 radical (unpaired) electrons. The van der Waals surface area contributed by atoms with E-state index in [1.807, 2.05) is 12.1 Å². The highest BCUT2D eigenvalue weighted by molar-refractivity contribution is 8.03. The average Bonchev–Trinajstić information content (AvgIpc) is 2.80. The number of benzene rings is 1. The number of amides is 1. The number of carbonyl (C=O) groups is 1. The van der Waals surface area contributed by atoms with E-state index in [1.165, 1.54) is 29.7 Å². The van der Waals surface area contributed by atoms with E-state index in [0.29, 0.717) is 0 Å². The molecule has 1 atom stereocenters. The Kier molecular flexibility index (Phi) is 4.45. The molecule has 1 aliphatic carbocycles. The van der Waals surface area contributed by atoms with E-state index in [1.54, 1.807) is 0 Å². The third kappa shape index (κ3) is 3.28. The minimum atomic E-state index is -1.22. The van der Waals surface area contributed by atoms with Crippen LogP contribution in [0, 0.1) is 0 Å². The summed E-state index contributed by atoms with van der Waals surface area (Å²) in [5.41, 5.74) is 3.59. The first kappa shape index (κ1) is 13.9. The predicted octanol–water partition coefficient (Wildman–Crippen LogP) is 2.50. The van der Waals surface area contributed by atoms with Crippen molar-refractivity contribution >= 4 is 22.0 Å². The lowest BCUT2D eigenvalue weighted by Gasteiger charge is -2.09. The summed E-state index contributed by atoms with van der Waals surface area (Å²) in [5, 5.41) is 4.01. The number of carbonyl (C=O) groups excluding carboxylic acids is 1. The first-order chi connectivity index (χ1) is 9.11. The number of fused-ring (bicyclic) bond motifs is 1. The number of aryl methyl sites for hydroxylation is 1. The lowest BCUT2D eigenvalue weighted by Crippen LogP contribution is -2.12. The van der Waals surface area contributed by atoms with Gasteiger partial charge in [-0.2, -0.15) is 0 Å². The smallest absolute Gasteiger partial charge is 0.220 e. The zero-order valence-electron chi connectivity index (χ0n) is 11.1. The van der Waals surface area contributed by atoms with Crippen LogP contribution >= 0.6 is 0 Å². The van der Waals surface area contributed by atoms with Crippen LogP contribution in [0.5, 0.6) is 0 Å². The maximum Gasteiger partial charge on any atom is 0.220 e. The number of hydrogen-bond donors (Lipinski definition) is 1. The molecule has 0 saturated heterocycles. The summed E-state index contributed by atoms with van der Waals surface area (Å²) in [6.45, 7) is 3.54. The van der Waals surface area contributed by atoms with Gasteiger partial charge in [0.05, 0.1) is 6.20 Å². The van der Waals surface area contributed by atoms with Gasteiger partial charge < -0.3 is 9.87 Å². The van der Waals surface area contributed by atoms with Crippen LogP contribution < -0.4 is 5.32 Å². The maximum absolute atomic E-state index is 12.1. The van der Waals surface area contributed by atoms with Crippen LogP contribution in [0.3, 0.4) is 0 Å². The van der Waals surface area contributed by atoms with Gasteiger partial charge >= 0.3 is 0 Å². The van der Waals surface area contributed by atoms with Gasteiger partial charge in [-0.05, 0) is 36.1 Å². The van der Waals surface area contributed by atoms with Crippen molar-refractivity contribution in [2.45, 2.75) is 26.7 Å². The van der Waals surface area contributed by atoms with Crippen LogP contribution in [0.1, 0.15) is 30.5 Å². The van der Waals surface area contributed by atoms with Crippen LogP contribution in [0.25, 0.3) is 4.91 Å². The topological polar surface area (TPSA) is 52.2 Å². The molecule has 1 N–H and O–H groups in total. The first-order valence-electron chi connectivity index (χ1n) is 6.28. The highest BCUT2D eigenvalue weighted by atomic mass is 32.2. The van der Waals surface area contributed by atoms with Gasteiger partial charge in [0.25, 0.3) is 0 Å². The van der Waals surface area contributed by atoms with Crippen molar-refractivity contribution in [3.63, 3.8) is 0 Å². The predicted molar refractivity (Wildman–Crippen MR) is 78.6 cm³/mol. The fraction of sp³-hybridized carbons (Fsp3) is 0.267. The third-order valence-corrected chi connectivity index (χ3v) is 4.25. The van der Waals surface area contributed by atoms with E-state index in [2.05, 4.69) is 24.4 Å². The van der Waals surface area contributed by atoms with Crippen molar-refractivity contribution in [2.24, 2.45) is 0 Å². The van der Waals surface area contributed by atoms with E-state index in [4.69, 9.17) is 0 Å². The van der Waals surface area contributed by atoms with Crippen molar-refractivity contribution in [2.75, 3.05) is 0 Å². The van der Waals surface area contributed by atoms with E-state index < -0.39 is 11.2 Å². The summed E-state index contributed by atoms with van der Waals surface area (Å²) in [5.74, 6) is -0.165. The summed E-state index contributed by atoms with van der Waals surface area (Å²) < 4.78 is 12.1. The second kappa shape index (κ2) is 6.08. The summed E-state index contributed by atoms with van der Waals surface area (Å²) in [6, 6.07) is 6.29. The highest BCUT2D eigenvalue weighted by Gasteiger charge is 2.23. The lowest BCUT2D eigenvalue weighted by atomic mass is 10.0. The van der Waals surface area contributed by atoms with Crippen molar-refractivity contribution in [3.05, 3.63) is 52.6 Å². The Balaban J connectivity index is 2.13. The summed E-state index contributed by atoms with van der Waals surface area (Å²) in [4.78, 5) is 11.6. The first-order valence-corrected chi connectivity index (χ1v) is 7.49. The molecule has 1 unspecified atom stereocenters. The van der Waals surface area contributed by atoms with Gasteiger partial charge in [-0.1, -0.05) is 19.1 Å². The number of nitrogens with one attached hydrogen (secondary N) is 1. The van der Waals surface area contributed by atoms with Gasteiger partial charge in [0, 0.05) is 23.7 Å². The monoisotopic (exact) mass is 275 g/mol. The zero-order valence-corrected chi connectivity index (χ0v) is 11.9. The van der Waals surface area contributed by atoms with Gasteiger partial charge in [-0.15, -0.1) is 0 Å². The molecule has 1 aliphatic rings. The molecule has 19 heavy (non-hydrogen) atoms. The molecule has 0 aromatic heterocycles. The van der Waals surface area contributed by atoms with Crippen molar-refractivity contribution in [3.8, 4) is 0 Å². The van der Waals surface area contributed by atoms with E-state index in [9.17, 15) is 9.35 Å². The van der Waals surface area contributed by atoms with Gasteiger partial charge in [-0.3, -0.25) is 4.79 Å². The Morgan fingerprint density at radius 3 is 3.00 bits per heavy atom. The third-order valence-electron chi connectivity index (χ3n) is 3.05. The molecule has 1 amide bonds. The minimum absolute atomic E-state index is 0.165. The molecule has 3 nitrogen and oxygen atoms in total. The average molecular weight is 275 g/mol. The molecule has 100 valence electrons. The second-order valence-electron chi connectivity index (χ2n) is 4.42. The molecule has 1 aromatic carbocycles. The maximum atomic E-state index is 12.1. The molecule has 0 heterocycles. The molecular formula is C15H17NO2S. The number of allylic oxidation sites excluding steroid dienone is 1. The lowest BCUT2D eigenvalue weighted by molar-refractivity contribution is -0.118. The van der Waals surface area contributed by atoms with E-state index in [-0.39, 0.29) is 5.91 Å². The highest BCUT2D eigenvalue weighted by Crippen LogP contribution is 2.33. The van der Waals surface area contributed by atoms with Crippen LogP contribution in [-0.2, 0) is 28.8 Å². The molecule has 0 fully saturated rings. The normalized spacial score (nSPS) is 15.2. The molecule has 0 saturated carbocycles. The number of rotatable bonds is 4. The molecule has 1 aromatic rings. The Hall–Kier alpha value is -1.52. The Morgan fingerprint density at radius 1 is 1.53 bits per heavy atom. The second-order valence-corrected chi connectivity index (χ2v) is 5.73. The van der Waals surface area contributed by atoms with E-state index in [0.717, 1.165) is 23.3 Å². The molecular weight excluding hydrogens is 258 g/mol. The standard InChI is InChI=1S/C15H17NO2S/c1-3-12-4-6-14-13(10-12)5-7-15(14)19(18)9-8-16-11(2)17/h4,6-10H,3,5H2,1-2H3,(H,16,17). The largest absolute Gasteiger partial charge is 0.607 e. The molecule has 4 heteroatoms. The quantitative estimate of drug-likeness (QED) is 0.858. The molecule has 0 spiro atoms. The van der Waals surface area contributed by atoms with Crippen LogP contribution in [0.4, 0.5) is 0 Å². The minimum Gasteiger partial charge on any atom is -0.607 e. The Labute approximate surface area is 116 Å². The molecule has 0 aliphatic heterocycles. The van der Waals surface area contributed by atoms with Gasteiger partial charge in [-0.25, -0.2) is 0 Å². The van der Waals surface area contributed by atoms with Crippen LogP contribution in [-0.4, -0.2) is 10.5 Å². The van der Waals surface area contributed by atoms with Crippen molar-refractivity contribution in [1.82, 2.24) is 5.32 Å². The summed E-state index contributed by atoms with van der Waals surface area (Å²) >= 11 is -1.22.